The summed E-state index contributed by atoms with van der Waals surface area (Å²) in [6, 6.07) is 14.7. The first-order valence-corrected chi connectivity index (χ1v) is 8.31. The van der Waals surface area contributed by atoms with Crippen molar-refractivity contribution in [3.8, 4) is 12.1 Å². The standard InChI is InChI=1S/C18H13N5OS/c1-11(25-16-8-12(9-19)6-7-21-16)17(24)13(10-20)18-22-14-4-2-3-5-15(14)23-18/h2-8,11,24H,1H3,(H,22,23)/t11-/m1/s1. The molecule has 0 bridgehead atoms. The minimum atomic E-state index is -0.427. The molecule has 7 heteroatoms. The fourth-order valence-corrected chi connectivity index (χ4v) is 3.19. The summed E-state index contributed by atoms with van der Waals surface area (Å²) in [6.45, 7) is 1.76. The van der Waals surface area contributed by atoms with Gasteiger partial charge in [0.15, 0.2) is 5.82 Å². The molecule has 0 spiro atoms. The van der Waals surface area contributed by atoms with Gasteiger partial charge in [-0.1, -0.05) is 23.9 Å². The van der Waals surface area contributed by atoms with Crippen molar-refractivity contribution in [3.05, 3.63) is 59.7 Å². The van der Waals surface area contributed by atoms with Crippen LogP contribution in [-0.2, 0) is 0 Å². The van der Waals surface area contributed by atoms with Gasteiger partial charge in [-0.3, -0.25) is 0 Å². The quantitative estimate of drug-likeness (QED) is 0.422. The molecule has 0 aliphatic heterocycles. The Morgan fingerprint density at radius 2 is 2.08 bits per heavy atom. The lowest BCUT2D eigenvalue weighted by atomic mass is 10.2. The minimum Gasteiger partial charge on any atom is -0.510 e. The number of thioether (sulfide) groups is 1. The number of nitrogens with one attached hydrogen (secondary N) is 1. The molecule has 0 radical (unpaired) electrons. The molecule has 3 aromatic rings. The molecule has 1 aromatic carbocycles. The van der Waals surface area contributed by atoms with Crippen LogP contribution in [0.25, 0.3) is 16.6 Å². The monoisotopic (exact) mass is 347 g/mol. The van der Waals surface area contributed by atoms with Crippen molar-refractivity contribution >= 4 is 28.4 Å². The number of pyridine rings is 1. The molecule has 2 aromatic heterocycles. The topological polar surface area (TPSA) is 109 Å². The molecule has 0 fully saturated rings. The van der Waals surface area contributed by atoms with Crippen molar-refractivity contribution < 1.29 is 5.11 Å². The van der Waals surface area contributed by atoms with Gasteiger partial charge in [-0.15, -0.1) is 0 Å². The van der Waals surface area contributed by atoms with Crippen LogP contribution in [0.4, 0.5) is 0 Å². The number of aromatic amines is 1. The van der Waals surface area contributed by atoms with E-state index in [0.717, 1.165) is 11.0 Å². The van der Waals surface area contributed by atoms with Crippen molar-refractivity contribution in [1.82, 2.24) is 15.0 Å². The van der Waals surface area contributed by atoms with E-state index in [1.54, 1.807) is 25.3 Å². The Morgan fingerprint density at radius 3 is 2.80 bits per heavy atom. The molecular formula is C18H13N5OS. The summed E-state index contributed by atoms with van der Waals surface area (Å²) >= 11 is 1.26. The van der Waals surface area contributed by atoms with E-state index >= 15 is 0 Å². The number of imidazole rings is 1. The molecule has 0 aliphatic carbocycles. The Bertz CT molecular complexity index is 1010. The summed E-state index contributed by atoms with van der Waals surface area (Å²) in [5.41, 5.74) is 2.10. The fourth-order valence-electron chi connectivity index (χ4n) is 2.29. The van der Waals surface area contributed by atoms with E-state index in [1.165, 1.54) is 11.8 Å². The molecule has 6 nitrogen and oxygen atoms in total. The Labute approximate surface area is 148 Å². The summed E-state index contributed by atoms with van der Waals surface area (Å²) in [6.07, 6.45) is 1.54. The first kappa shape index (κ1) is 16.6. The molecule has 2 N–H and O–H groups in total. The van der Waals surface area contributed by atoms with E-state index in [9.17, 15) is 10.4 Å². The van der Waals surface area contributed by atoms with Gasteiger partial charge in [-0.05, 0) is 31.2 Å². The lowest BCUT2D eigenvalue weighted by Crippen LogP contribution is -2.05. The summed E-state index contributed by atoms with van der Waals surface area (Å²) < 4.78 is 0. The lowest BCUT2D eigenvalue weighted by molar-refractivity contribution is 0.402. The highest BCUT2D eigenvalue weighted by Gasteiger charge is 2.19. The molecule has 0 saturated heterocycles. The van der Waals surface area contributed by atoms with Gasteiger partial charge < -0.3 is 10.1 Å². The van der Waals surface area contributed by atoms with Gasteiger partial charge >= 0.3 is 0 Å². The highest BCUT2D eigenvalue weighted by molar-refractivity contribution is 8.00. The number of H-pyrrole nitrogens is 1. The number of hydrogen-bond acceptors (Lipinski definition) is 6. The molecule has 2 heterocycles. The number of nitrogens with zero attached hydrogens (tertiary/aromatic N) is 4. The van der Waals surface area contributed by atoms with Crippen LogP contribution in [0.3, 0.4) is 0 Å². The SMILES string of the molecule is C[C@@H](Sc1cc(C#N)ccn1)C(O)=C(C#N)c1nc2ccccc2[nH]1. The van der Waals surface area contributed by atoms with E-state index in [0.29, 0.717) is 16.4 Å². The number of aliphatic hydroxyl groups is 1. The van der Waals surface area contributed by atoms with Crippen LogP contribution in [0, 0.1) is 22.7 Å². The normalized spacial score (nSPS) is 12.9. The third-order valence-electron chi connectivity index (χ3n) is 3.54. The van der Waals surface area contributed by atoms with E-state index in [2.05, 4.69) is 15.0 Å². The highest BCUT2D eigenvalue weighted by atomic mass is 32.2. The maximum atomic E-state index is 10.5. The third kappa shape index (κ3) is 3.47. The Balaban J connectivity index is 1.92. The zero-order valence-corrected chi connectivity index (χ0v) is 14.1. The van der Waals surface area contributed by atoms with E-state index < -0.39 is 5.25 Å². The summed E-state index contributed by atoms with van der Waals surface area (Å²) in [7, 11) is 0. The number of aromatic nitrogens is 3. The van der Waals surface area contributed by atoms with Gasteiger partial charge in [0.25, 0.3) is 0 Å². The average Bonchev–Trinajstić information content (AvgIpc) is 3.06. The minimum absolute atomic E-state index is 0.0873. The molecule has 0 saturated carbocycles. The van der Waals surface area contributed by atoms with Gasteiger partial charge in [0.05, 0.1) is 32.9 Å². The molecule has 0 unspecified atom stereocenters. The second-order valence-corrected chi connectivity index (χ2v) is 6.59. The highest BCUT2D eigenvalue weighted by Crippen LogP contribution is 2.29. The van der Waals surface area contributed by atoms with Crippen LogP contribution in [0.15, 0.2) is 53.4 Å². The van der Waals surface area contributed by atoms with E-state index in [4.69, 9.17) is 5.26 Å². The van der Waals surface area contributed by atoms with Gasteiger partial charge in [0, 0.05) is 6.20 Å². The Morgan fingerprint density at radius 1 is 1.28 bits per heavy atom. The van der Waals surface area contributed by atoms with Gasteiger partial charge in [-0.25, -0.2) is 9.97 Å². The number of nitriles is 2. The Kier molecular flexibility index (Phi) is 4.69. The molecule has 3 rings (SSSR count). The number of hydrogen-bond donors (Lipinski definition) is 2. The van der Waals surface area contributed by atoms with E-state index in [1.807, 2.05) is 36.4 Å². The second kappa shape index (κ2) is 7.08. The molecule has 25 heavy (non-hydrogen) atoms. The maximum absolute atomic E-state index is 10.5. The number of allylic oxidation sites excluding steroid dienone is 1. The summed E-state index contributed by atoms with van der Waals surface area (Å²) in [4.78, 5) is 11.6. The van der Waals surface area contributed by atoms with Crippen LogP contribution in [-0.4, -0.2) is 25.3 Å². The maximum Gasteiger partial charge on any atom is 0.152 e. The smallest absolute Gasteiger partial charge is 0.152 e. The fraction of sp³-hybridized carbons (Fsp3) is 0.111. The number of fused-ring (bicyclic) bond motifs is 1. The number of benzene rings is 1. The van der Waals surface area contributed by atoms with Crippen LogP contribution < -0.4 is 0 Å². The first-order chi connectivity index (χ1) is 12.1. The van der Waals surface area contributed by atoms with Gasteiger partial charge in [-0.2, -0.15) is 10.5 Å². The van der Waals surface area contributed by atoms with Crippen molar-refractivity contribution in [2.45, 2.75) is 17.2 Å². The van der Waals surface area contributed by atoms with E-state index in [-0.39, 0.29) is 11.3 Å². The van der Waals surface area contributed by atoms with Crippen molar-refractivity contribution in [2.24, 2.45) is 0 Å². The molecule has 0 amide bonds. The van der Waals surface area contributed by atoms with Crippen LogP contribution in [0.2, 0.25) is 0 Å². The molecular weight excluding hydrogens is 334 g/mol. The zero-order valence-electron chi connectivity index (χ0n) is 13.3. The number of rotatable bonds is 4. The van der Waals surface area contributed by atoms with Crippen LogP contribution >= 0.6 is 11.8 Å². The summed E-state index contributed by atoms with van der Waals surface area (Å²) in [5.74, 6) is 0.239. The third-order valence-corrected chi connectivity index (χ3v) is 4.58. The lowest BCUT2D eigenvalue weighted by Gasteiger charge is -2.11. The average molecular weight is 347 g/mol. The molecule has 0 aliphatic rings. The van der Waals surface area contributed by atoms with Crippen molar-refractivity contribution in [1.29, 1.82) is 10.5 Å². The predicted octanol–water partition coefficient (Wildman–Crippen LogP) is 3.80. The number of para-hydroxylation sites is 2. The largest absolute Gasteiger partial charge is 0.510 e. The van der Waals surface area contributed by atoms with Crippen molar-refractivity contribution in [3.63, 3.8) is 0 Å². The second-order valence-electron chi connectivity index (χ2n) is 5.23. The Hall–Kier alpha value is -3.29. The van der Waals surface area contributed by atoms with Gasteiger partial charge in [0.1, 0.15) is 17.4 Å². The van der Waals surface area contributed by atoms with Crippen molar-refractivity contribution in [2.75, 3.05) is 0 Å². The summed E-state index contributed by atoms with van der Waals surface area (Å²) in [5, 5.41) is 29.1. The first-order valence-electron chi connectivity index (χ1n) is 7.43. The number of aliphatic hydroxyl groups excluding tert-OH is 1. The predicted molar refractivity (Wildman–Crippen MR) is 95.5 cm³/mol. The van der Waals surface area contributed by atoms with Crippen LogP contribution in [0.1, 0.15) is 18.3 Å². The molecule has 122 valence electrons. The zero-order chi connectivity index (χ0) is 17.8. The molecule has 1 atom stereocenters. The van der Waals surface area contributed by atoms with Gasteiger partial charge in [0.2, 0.25) is 0 Å². The van der Waals surface area contributed by atoms with Crippen LogP contribution in [0.5, 0.6) is 0 Å².